The van der Waals surface area contributed by atoms with Crippen molar-refractivity contribution in [3.63, 3.8) is 0 Å². The zero-order valence-electron chi connectivity index (χ0n) is 10.5. The van der Waals surface area contributed by atoms with E-state index in [0.717, 1.165) is 31.6 Å². The number of aromatic nitrogens is 2. The molecule has 0 aliphatic carbocycles. The summed E-state index contributed by atoms with van der Waals surface area (Å²) in [6.07, 6.45) is 7.74. The molecular weight excluding hydrogens is 260 g/mol. The van der Waals surface area contributed by atoms with Crippen molar-refractivity contribution in [2.45, 2.75) is 19.4 Å². The third-order valence-electron chi connectivity index (χ3n) is 2.82. The summed E-state index contributed by atoms with van der Waals surface area (Å²) in [6.45, 7) is 1.87. The molecule has 0 fully saturated rings. The van der Waals surface area contributed by atoms with E-state index in [9.17, 15) is 0 Å². The monoisotopic (exact) mass is 274 g/mol. The summed E-state index contributed by atoms with van der Waals surface area (Å²) in [5, 5.41) is 12.6. The lowest BCUT2D eigenvalue weighted by Gasteiger charge is -2.07. The lowest BCUT2D eigenvalue weighted by Crippen LogP contribution is -2.03. The molecule has 19 heavy (non-hydrogen) atoms. The first kappa shape index (κ1) is 13.4. The predicted octanol–water partition coefficient (Wildman–Crippen LogP) is 3.30. The Morgan fingerprint density at radius 1 is 1.37 bits per heavy atom. The largest absolute Gasteiger partial charge is 0.385 e. The molecule has 0 radical (unpaired) electrons. The van der Waals surface area contributed by atoms with E-state index in [0.29, 0.717) is 10.6 Å². The quantitative estimate of drug-likeness (QED) is 0.822. The smallest absolute Gasteiger partial charge is 0.101 e. The van der Waals surface area contributed by atoms with Gasteiger partial charge in [-0.25, -0.2) is 4.98 Å². The van der Waals surface area contributed by atoms with Crippen LogP contribution in [0.25, 0.3) is 0 Å². The molecule has 1 N–H and O–H groups in total. The number of rotatable bonds is 6. The summed E-state index contributed by atoms with van der Waals surface area (Å²) in [7, 11) is 0. The van der Waals surface area contributed by atoms with Crippen LogP contribution in [0.3, 0.4) is 0 Å². The van der Waals surface area contributed by atoms with Gasteiger partial charge in [0.1, 0.15) is 6.07 Å². The Balaban J connectivity index is 1.71. The molecule has 1 aromatic heterocycles. The van der Waals surface area contributed by atoms with E-state index in [1.54, 1.807) is 18.3 Å². The molecule has 0 spiro atoms. The first-order valence-electron chi connectivity index (χ1n) is 6.19. The SMILES string of the molecule is N#Cc1ccc(NCCCCn2ccnc2)cc1Cl. The van der Waals surface area contributed by atoms with Gasteiger partial charge in [0.05, 0.1) is 16.9 Å². The minimum absolute atomic E-state index is 0.492. The highest BCUT2D eigenvalue weighted by Crippen LogP contribution is 2.20. The van der Waals surface area contributed by atoms with Gasteiger partial charge in [-0.15, -0.1) is 0 Å². The minimum atomic E-state index is 0.492. The number of hydrogen-bond donors (Lipinski definition) is 1. The second kappa shape index (κ2) is 6.81. The van der Waals surface area contributed by atoms with Crippen LogP contribution in [0, 0.1) is 11.3 Å². The molecule has 0 aliphatic rings. The second-order valence-corrected chi connectivity index (χ2v) is 4.65. The van der Waals surface area contributed by atoms with Crippen LogP contribution in [0.5, 0.6) is 0 Å². The lowest BCUT2D eigenvalue weighted by molar-refractivity contribution is 0.621. The van der Waals surface area contributed by atoms with Gasteiger partial charge in [-0.05, 0) is 31.0 Å². The van der Waals surface area contributed by atoms with E-state index in [4.69, 9.17) is 16.9 Å². The summed E-state index contributed by atoms with van der Waals surface area (Å²) in [4.78, 5) is 4.00. The van der Waals surface area contributed by atoms with Crippen LogP contribution >= 0.6 is 11.6 Å². The normalized spacial score (nSPS) is 10.1. The topological polar surface area (TPSA) is 53.6 Å². The van der Waals surface area contributed by atoms with Crippen molar-refractivity contribution >= 4 is 17.3 Å². The van der Waals surface area contributed by atoms with Gasteiger partial charge in [0, 0.05) is 31.2 Å². The highest BCUT2D eigenvalue weighted by molar-refractivity contribution is 6.32. The Bertz CT molecular complexity index is 557. The van der Waals surface area contributed by atoms with Gasteiger partial charge in [0.25, 0.3) is 0 Å². The Kier molecular flexibility index (Phi) is 4.82. The number of nitrogens with one attached hydrogen (secondary N) is 1. The summed E-state index contributed by atoms with van der Waals surface area (Å²) >= 11 is 5.96. The van der Waals surface area contributed by atoms with E-state index >= 15 is 0 Å². The zero-order valence-corrected chi connectivity index (χ0v) is 11.3. The van der Waals surface area contributed by atoms with Crippen molar-refractivity contribution in [1.29, 1.82) is 5.26 Å². The molecule has 0 unspecified atom stereocenters. The molecule has 5 heteroatoms. The molecular formula is C14H15ClN4. The van der Waals surface area contributed by atoms with E-state index < -0.39 is 0 Å². The van der Waals surface area contributed by atoms with E-state index in [1.165, 1.54) is 0 Å². The second-order valence-electron chi connectivity index (χ2n) is 4.24. The van der Waals surface area contributed by atoms with Crippen LogP contribution < -0.4 is 5.32 Å². The van der Waals surface area contributed by atoms with Gasteiger partial charge in [-0.2, -0.15) is 5.26 Å². The summed E-state index contributed by atoms with van der Waals surface area (Å²) in [5.74, 6) is 0. The van der Waals surface area contributed by atoms with Crippen molar-refractivity contribution in [1.82, 2.24) is 9.55 Å². The van der Waals surface area contributed by atoms with Crippen LogP contribution in [0.15, 0.2) is 36.9 Å². The number of nitrogens with zero attached hydrogens (tertiary/aromatic N) is 3. The average Bonchev–Trinajstić information content (AvgIpc) is 2.92. The Hall–Kier alpha value is -1.99. The van der Waals surface area contributed by atoms with Crippen molar-refractivity contribution in [3.05, 3.63) is 47.5 Å². The van der Waals surface area contributed by atoms with Crippen LogP contribution in [-0.2, 0) is 6.54 Å². The van der Waals surface area contributed by atoms with Crippen molar-refractivity contribution in [2.24, 2.45) is 0 Å². The first-order valence-corrected chi connectivity index (χ1v) is 6.56. The molecule has 0 aliphatic heterocycles. The fraction of sp³-hybridized carbons (Fsp3) is 0.286. The summed E-state index contributed by atoms with van der Waals surface area (Å²) < 4.78 is 2.07. The molecule has 4 nitrogen and oxygen atoms in total. The van der Waals surface area contributed by atoms with Gasteiger partial charge in [-0.3, -0.25) is 0 Å². The van der Waals surface area contributed by atoms with E-state index in [1.807, 2.05) is 24.7 Å². The molecule has 2 rings (SSSR count). The van der Waals surface area contributed by atoms with Gasteiger partial charge in [0.2, 0.25) is 0 Å². The molecule has 0 saturated carbocycles. The average molecular weight is 275 g/mol. The Morgan fingerprint density at radius 3 is 2.95 bits per heavy atom. The summed E-state index contributed by atoms with van der Waals surface area (Å²) in [5.41, 5.74) is 1.46. The fourth-order valence-corrected chi connectivity index (χ4v) is 2.01. The highest BCUT2D eigenvalue weighted by Gasteiger charge is 2.00. The number of benzene rings is 1. The molecule has 1 heterocycles. The molecule has 98 valence electrons. The molecule has 2 aromatic rings. The van der Waals surface area contributed by atoms with Crippen molar-refractivity contribution in [2.75, 3.05) is 11.9 Å². The van der Waals surface area contributed by atoms with Crippen molar-refractivity contribution in [3.8, 4) is 6.07 Å². The highest BCUT2D eigenvalue weighted by atomic mass is 35.5. The maximum absolute atomic E-state index is 8.78. The Labute approximate surface area is 117 Å². The van der Waals surface area contributed by atoms with Crippen LogP contribution in [0.2, 0.25) is 5.02 Å². The maximum atomic E-state index is 8.78. The summed E-state index contributed by atoms with van der Waals surface area (Å²) in [6, 6.07) is 7.44. The number of unbranched alkanes of at least 4 members (excludes halogenated alkanes) is 1. The standard InChI is InChI=1S/C14H15ClN4/c15-14-9-13(4-3-12(14)10-16)18-5-1-2-7-19-8-6-17-11-19/h3-4,6,8-9,11,18H,1-2,5,7H2. The lowest BCUT2D eigenvalue weighted by atomic mass is 10.2. The molecule has 0 saturated heterocycles. The van der Waals surface area contributed by atoms with E-state index in [2.05, 4.69) is 14.9 Å². The van der Waals surface area contributed by atoms with Crippen LogP contribution in [-0.4, -0.2) is 16.1 Å². The molecule has 0 atom stereocenters. The van der Waals surface area contributed by atoms with Crippen LogP contribution in [0.1, 0.15) is 18.4 Å². The van der Waals surface area contributed by atoms with E-state index in [-0.39, 0.29) is 0 Å². The molecule has 1 aromatic carbocycles. The van der Waals surface area contributed by atoms with Crippen LogP contribution in [0.4, 0.5) is 5.69 Å². The van der Waals surface area contributed by atoms with Gasteiger partial charge < -0.3 is 9.88 Å². The predicted molar refractivity (Wildman–Crippen MR) is 76.1 cm³/mol. The number of hydrogen-bond acceptors (Lipinski definition) is 3. The van der Waals surface area contributed by atoms with Gasteiger partial charge >= 0.3 is 0 Å². The van der Waals surface area contributed by atoms with Gasteiger partial charge in [-0.1, -0.05) is 11.6 Å². The third-order valence-corrected chi connectivity index (χ3v) is 3.13. The minimum Gasteiger partial charge on any atom is -0.385 e. The number of halogens is 1. The number of imidazole rings is 1. The maximum Gasteiger partial charge on any atom is 0.101 e. The number of nitriles is 1. The van der Waals surface area contributed by atoms with Crippen molar-refractivity contribution < 1.29 is 0 Å². The zero-order chi connectivity index (χ0) is 13.5. The molecule has 0 bridgehead atoms. The van der Waals surface area contributed by atoms with Gasteiger partial charge in [0.15, 0.2) is 0 Å². The first-order chi connectivity index (χ1) is 9.29. The Morgan fingerprint density at radius 2 is 2.26 bits per heavy atom. The third kappa shape index (κ3) is 4.01. The molecule has 0 amide bonds. The fourth-order valence-electron chi connectivity index (χ4n) is 1.79. The number of aryl methyl sites for hydroxylation is 1. The number of anilines is 1.